The molecule has 4 N–H and O–H groups in total. The molecule has 9 heteroatoms. The van der Waals surface area contributed by atoms with E-state index >= 15 is 0 Å². The molecule has 0 atom stereocenters. The van der Waals surface area contributed by atoms with E-state index in [-0.39, 0.29) is 31.1 Å². The molecule has 0 aromatic rings. The number of hydrogen-bond acceptors (Lipinski definition) is 7. The van der Waals surface area contributed by atoms with Crippen molar-refractivity contribution in [2.45, 2.75) is 38.5 Å². The zero-order chi connectivity index (χ0) is 19.5. The molecular weight excluding hydrogens is 344 g/mol. The molecule has 0 saturated heterocycles. The van der Waals surface area contributed by atoms with E-state index in [1.54, 1.807) is 0 Å². The Morgan fingerprint density at radius 1 is 0.769 bits per heavy atom. The molecule has 0 fully saturated rings. The molecule has 0 unspecified atom stereocenters. The van der Waals surface area contributed by atoms with Crippen molar-refractivity contribution in [3.63, 3.8) is 0 Å². The van der Waals surface area contributed by atoms with E-state index < -0.39 is 5.97 Å². The number of unbranched alkanes of at least 4 members (excludes halogenated alkanes) is 1. The highest BCUT2D eigenvalue weighted by atomic mass is 16.5. The first-order valence-electron chi connectivity index (χ1n) is 8.99. The number of carboxylic acids is 1. The van der Waals surface area contributed by atoms with Crippen LogP contribution in [0.1, 0.15) is 38.5 Å². The van der Waals surface area contributed by atoms with Gasteiger partial charge in [-0.05, 0) is 19.3 Å². The number of rotatable bonds is 19. The molecule has 1 amide bonds. The molecule has 9 nitrogen and oxygen atoms in total. The normalized spacial score (nSPS) is 10.7. The highest BCUT2D eigenvalue weighted by Gasteiger charge is 2.04. The van der Waals surface area contributed by atoms with Crippen LogP contribution in [0, 0.1) is 0 Å². The van der Waals surface area contributed by atoms with Crippen LogP contribution in [0.15, 0.2) is 0 Å². The Kier molecular flexibility index (Phi) is 17.2. The van der Waals surface area contributed by atoms with Crippen molar-refractivity contribution in [1.82, 2.24) is 5.32 Å². The summed E-state index contributed by atoms with van der Waals surface area (Å²) in [5, 5.41) is 11.1. The van der Waals surface area contributed by atoms with E-state index in [4.69, 9.17) is 25.1 Å². The fourth-order valence-corrected chi connectivity index (χ4v) is 1.88. The maximum absolute atomic E-state index is 11.2. The predicted octanol–water partition coefficient (Wildman–Crippen LogP) is 0.105. The van der Waals surface area contributed by atoms with Crippen LogP contribution in [0.4, 0.5) is 0 Å². The molecule has 0 saturated carbocycles. The summed E-state index contributed by atoms with van der Waals surface area (Å²) >= 11 is 0. The number of ketones is 1. The van der Waals surface area contributed by atoms with Gasteiger partial charge in [-0.3, -0.25) is 14.4 Å². The third kappa shape index (κ3) is 18.8. The van der Waals surface area contributed by atoms with Gasteiger partial charge in [0, 0.05) is 32.6 Å². The third-order valence-electron chi connectivity index (χ3n) is 3.32. The first-order chi connectivity index (χ1) is 12.6. The Labute approximate surface area is 154 Å². The van der Waals surface area contributed by atoms with Crippen LogP contribution in [-0.4, -0.2) is 75.5 Å². The number of carboxylic acid groups (broad SMARTS) is 1. The van der Waals surface area contributed by atoms with Gasteiger partial charge in [0.15, 0.2) is 0 Å². The van der Waals surface area contributed by atoms with Crippen molar-refractivity contribution in [2.75, 3.05) is 52.7 Å². The van der Waals surface area contributed by atoms with Gasteiger partial charge in [-0.25, -0.2) is 0 Å². The zero-order valence-electron chi connectivity index (χ0n) is 15.4. The minimum absolute atomic E-state index is 0.00206. The van der Waals surface area contributed by atoms with Crippen LogP contribution in [0.2, 0.25) is 0 Å². The standard InChI is InChI=1S/C17H32N2O7/c18-14-15(20)4-1-2-8-24-10-12-26-13-11-25-9-3-7-19-16(21)5-6-17(22)23/h1-14,18H2,(H,19,21)(H,22,23). The molecule has 26 heavy (non-hydrogen) atoms. The van der Waals surface area contributed by atoms with Crippen molar-refractivity contribution in [3.05, 3.63) is 0 Å². The molecule has 152 valence electrons. The maximum Gasteiger partial charge on any atom is 0.303 e. The lowest BCUT2D eigenvalue weighted by Crippen LogP contribution is -2.25. The molecule has 0 radical (unpaired) electrons. The second-order valence-corrected chi connectivity index (χ2v) is 5.63. The van der Waals surface area contributed by atoms with Gasteiger partial charge in [0.25, 0.3) is 0 Å². The summed E-state index contributed by atoms with van der Waals surface area (Å²) in [4.78, 5) is 32.5. The Morgan fingerprint density at radius 3 is 1.92 bits per heavy atom. The van der Waals surface area contributed by atoms with Crippen molar-refractivity contribution < 1.29 is 33.7 Å². The van der Waals surface area contributed by atoms with Crippen LogP contribution in [0.25, 0.3) is 0 Å². The fourth-order valence-electron chi connectivity index (χ4n) is 1.88. The molecule has 0 aliphatic heterocycles. The van der Waals surface area contributed by atoms with Gasteiger partial charge in [-0.1, -0.05) is 0 Å². The van der Waals surface area contributed by atoms with E-state index in [1.165, 1.54) is 0 Å². The second kappa shape index (κ2) is 18.2. The third-order valence-corrected chi connectivity index (χ3v) is 3.32. The van der Waals surface area contributed by atoms with E-state index in [1.807, 2.05) is 0 Å². The lowest BCUT2D eigenvalue weighted by atomic mass is 10.2. The maximum atomic E-state index is 11.2. The van der Waals surface area contributed by atoms with Crippen molar-refractivity contribution in [3.8, 4) is 0 Å². The number of nitrogens with one attached hydrogen (secondary N) is 1. The lowest BCUT2D eigenvalue weighted by molar-refractivity contribution is -0.138. The smallest absolute Gasteiger partial charge is 0.303 e. The minimum Gasteiger partial charge on any atom is -0.481 e. The first kappa shape index (κ1) is 24.5. The molecule has 0 bridgehead atoms. The Hall–Kier alpha value is -1.55. The highest BCUT2D eigenvalue weighted by molar-refractivity contribution is 5.80. The highest BCUT2D eigenvalue weighted by Crippen LogP contribution is 1.96. The van der Waals surface area contributed by atoms with E-state index in [9.17, 15) is 14.4 Å². The summed E-state index contributed by atoms with van der Waals surface area (Å²) in [7, 11) is 0. The summed E-state index contributed by atoms with van der Waals surface area (Å²) in [6.07, 6.45) is 2.65. The topological polar surface area (TPSA) is 137 Å². The average molecular weight is 376 g/mol. The number of amides is 1. The summed E-state index contributed by atoms with van der Waals surface area (Å²) < 4.78 is 16.1. The molecule has 0 rings (SSSR count). The monoisotopic (exact) mass is 376 g/mol. The van der Waals surface area contributed by atoms with Crippen LogP contribution in [0.3, 0.4) is 0 Å². The molecule has 0 spiro atoms. The minimum atomic E-state index is -0.979. The SMILES string of the molecule is NCC(=O)CCCCOCCOCCOCCCNC(=O)CCC(=O)O. The lowest BCUT2D eigenvalue weighted by Gasteiger charge is -2.07. The fraction of sp³-hybridized carbons (Fsp3) is 0.824. The molecule has 0 heterocycles. The zero-order valence-corrected chi connectivity index (χ0v) is 15.4. The van der Waals surface area contributed by atoms with Crippen LogP contribution in [0.5, 0.6) is 0 Å². The van der Waals surface area contributed by atoms with Gasteiger partial charge in [-0.15, -0.1) is 0 Å². The number of ether oxygens (including phenoxy) is 3. The molecule has 0 aromatic carbocycles. The van der Waals surface area contributed by atoms with Gasteiger partial charge in [-0.2, -0.15) is 0 Å². The van der Waals surface area contributed by atoms with Gasteiger partial charge in [0.2, 0.25) is 5.91 Å². The van der Waals surface area contributed by atoms with E-state index in [0.717, 1.165) is 12.8 Å². The number of carbonyl (C=O) groups is 3. The second-order valence-electron chi connectivity index (χ2n) is 5.63. The van der Waals surface area contributed by atoms with Crippen molar-refractivity contribution in [1.29, 1.82) is 0 Å². The van der Waals surface area contributed by atoms with Crippen LogP contribution >= 0.6 is 0 Å². The first-order valence-corrected chi connectivity index (χ1v) is 8.99. The summed E-state index contributed by atoms with van der Waals surface area (Å²) in [6.45, 7) is 3.62. The van der Waals surface area contributed by atoms with Gasteiger partial charge >= 0.3 is 5.97 Å². The van der Waals surface area contributed by atoms with Gasteiger partial charge < -0.3 is 30.4 Å². The summed E-state index contributed by atoms with van der Waals surface area (Å²) in [6, 6.07) is 0. The number of nitrogens with two attached hydrogens (primary N) is 1. The number of Topliss-reactive ketones (excluding diaryl/α,β-unsaturated/α-hetero) is 1. The number of carbonyl (C=O) groups excluding carboxylic acids is 2. The van der Waals surface area contributed by atoms with Gasteiger partial charge in [0.1, 0.15) is 5.78 Å². The van der Waals surface area contributed by atoms with E-state index in [2.05, 4.69) is 5.32 Å². The van der Waals surface area contributed by atoms with E-state index in [0.29, 0.717) is 59.0 Å². The average Bonchev–Trinajstić information content (AvgIpc) is 2.62. The molecular formula is C17H32N2O7. The Bertz CT molecular complexity index is 391. The van der Waals surface area contributed by atoms with Crippen molar-refractivity contribution in [2.24, 2.45) is 5.73 Å². The largest absolute Gasteiger partial charge is 0.481 e. The quantitative estimate of drug-likeness (QED) is 0.270. The Balaban J connectivity index is 3.14. The van der Waals surface area contributed by atoms with Gasteiger partial charge in [0.05, 0.1) is 39.4 Å². The van der Waals surface area contributed by atoms with Crippen LogP contribution < -0.4 is 11.1 Å². The number of aliphatic carboxylic acids is 1. The molecule has 0 aliphatic carbocycles. The number of hydrogen-bond donors (Lipinski definition) is 3. The summed E-state index contributed by atoms with van der Waals surface area (Å²) in [5.41, 5.74) is 5.22. The van der Waals surface area contributed by atoms with Crippen LogP contribution in [-0.2, 0) is 28.6 Å². The Morgan fingerprint density at radius 2 is 1.35 bits per heavy atom. The molecule has 0 aromatic heterocycles. The van der Waals surface area contributed by atoms with Crippen molar-refractivity contribution >= 4 is 17.7 Å². The molecule has 0 aliphatic rings. The summed E-state index contributed by atoms with van der Waals surface area (Å²) in [5.74, 6) is -1.16. The predicted molar refractivity (Wildman–Crippen MR) is 94.9 cm³/mol.